The Hall–Kier alpha value is -3.50. The molecule has 11 heteroatoms. The molecule has 0 radical (unpaired) electrons. The van der Waals surface area contributed by atoms with E-state index in [1.165, 1.54) is 0 Å². The Labute approximate surface area is 136 Å². The third-order valence-corrected chi connectivity index (χ3v) is 3.11. The van der Waals surface area contributed by atoms with Gasteiger partial charge < -0.3 is 25.7 Å². The van der Waals surface area contributed by atoms with E-state index in [0.717, 1.165) is 12.1 Å². The number of halogens is 3. The minimum absolute atomic E-state index is 0.496. The maximum absolute atomic E-state index is 14.3. The first-order valence-electron chi connectivity index (χ1n) is 6.40. The molecule has 8 nitrogen and oxygen atoms in total. The van der Waals surface area contributed by atoms with Crippen LogP contribution in [0.1, 0.15) is 20.7 Å². The number of rotatable bonds is 5. The second-order valence-corrected chi connectivity index (χ2v) is 4.62. The van der Waals surface area contributed by atoms with Gasteiger partial charge in [-0.05, 0) is 12.1 Å². The molecule has 0 aliphatic heterocycles. The number of hydrogen-bond donors (Lipinski definition) is 4. The van der Waals surface area contributed by atoms with Gasteiger partial charge >= 0.3 is 18.6 Å². The molecular formula is C14H9F3N2O6. The first-order chi connectivity index (χ1) is 11.6. The Morgan fingerprint density at radius 1 is 1.16 bits per heavy atom. The topological polar surface area (TPSA) is 143 Å². The molecule has 0 aliphatic carbocycles. The number of carbonyl (C=O) groups is 2. The normalized spacial score (nSPS) is 10.7. The van der Waals surface area contributed by atoms with Gasteiger partial charge in [-0.25, -0.2) is 14.0 Å². The van der Waals surface area contributed by atoms with Crippen LogP contribution in [0.15, 0.2) is 23.0 Å². The highest BCUT2D eigenvalue weighted by Crippen LogP contribution is 2.33. The number of pyridine rings is 1. The lowest BCUT2D eigenvalue weighted by atomic mass is 9.95. The van der Waals surface area contributed by atoms with E-state index in [4.69, 9.17) is 10.8 Å². The number of anilines is 1. The predicted octanol–water partition coefficient (Wildman–Crippen LogP) is 1.76. The molecule has 0 saturated heterocycles. The van der Waals surface area contributed by atoms with Crippen molar-refractivity contribution in [3.63, 3.8) is 0 Å². The van der Waals surface area contributed by atoms with Gasteiger partial charge in [-0.2, -0.15) is 8.78 Å². The monoisotopic (exact) mass is 358 g/mol. The largest absolute Gasteiger partial charge is 0.478 e. The molecule has 0 amide bonds. The third-order valence-electron chi connectivity index (χ3n) is 3.11. The maximum Gasteiger partial charge on any atom is 0.387 e. The first kappa shape index (κ1) is 17.8. The molecule has 0 saturated carbocycles. The molecule has 2 aromatic rings. The van der Waals surface area contributed by atoms with Crippen LogP contribution in [-0.2, 0) is 0 Å². The SMILES string of the molecule is Nc1[nH]c(=O)c(C(=O)O)c(-c2ccc(OC(F)F)cc2F)c1C(=O)O. The number of carboxylic acids is 2. The van der Waals surface area contributed by atoms with Crippen molar-refractivity contribution in [2.45, 2.75) is 6.61 Å². The number of nitrogen functional groups attached to an aromatic ring is 1. The summed E-state index contributed by atoms with van der Waals surface area (Å²) in [6, 6.07) is 2.16. The second kappa shape index (κ2) is 6.55. The van der Waals surface area contributed by atoms with E-state index in [9.17, 15) is 32.7 Å². The molecule has 0 bridgehead atoms. The number of alkyl halides is 2. The third kappa shape index (κ3) is 3.39. The summed E-state index contributed by atoms with van der Waals surface area (Å²) in [6.07, 6.45) is 0. The Kier molecular flexibility index (Phi) is 4.68. The van der Waals surface area contributed by atoms with Gasteiger partial charge in [0.2, 0.25) is 0 Å². The number of aromatic nitrogens is 1. The van der Waals surface area contributed by atoms with Gasteiger partial charge in [0.15, 0.2) is 0 Å². The highest BCUT2D eigenvalue weighted by Gasteiger charge is 2.28. The van der Waals surface area contributed by atoms with E-state index in [1.54, 1.807) is 0 Å². The summed E-state index contributed by atoms with van der Waals surface area (Å²) in [5.74, 6) is -6.11. The van der Waals surface area contributed by atoms with Crippen molar-refractivity contribution < 1.29 is 37.7 Å². The molecule has 0 fully saturated rings. The van der Waals surface area contributed by atoms with E-state index >= 15 is 0 Å². The first-order valence-corrected chi connectivity index (χ1v) is 6.40. The number of aromatic amines is 1. The van der Waals surface area contributed by atoms with Crippen molar-refractivity contribution in [3.8, 4) is 16.9 Å². The van der Waals surface area contributed by atoms with Gasteiger partial charge in [-0.3, -0.25) is 4.79 Å². The van der Waals surface area contributed by atoms with Crippen molar-refractivity contribution >= 4 is 17.8 Å². The Morgan fingerprint density at radius 2 is 1.76 bits per heavy atom. The average Bonchev–Trinajstić information content (AvgIpc) is 2.44. The molecule has 1 aromatic heterocycles. The fourth-order valence-electron chi connectivity index (χ4n) is 2.19. The minimum Gasteiger partial charge on any atom is -0.478 e. The van der Waals surface area contributed by atoms with Crippen LogP contribution >= 0.6 is 0 Å². The van der Waals surface area contributed by atoms with Crippen LogP contribution in [0.25, 0.3) is 11.1 Å². The summed E-state index contributed by atoms with van der Waals surface area (Å²) in [4.78, 5) is 36.4. The molecule has 5 N–H and O–H groups in total. The van der Waals surface area contributed by atoms with Crippen LogP contribution < -0.4 is 16.0 Å². The average molecular weight is 358 g/mol. The van der Waals surface area contributed by atoms with Gasteiger partial charge in [0.05, 0.1) is 0 Å². The predicted molar refractivity (Wildman–Crippen MR) is 77.4 cm³/mol. The second-order valence-electron chi connectivity index (χ2n) is 4.62. The van der Waals surface area contributed by atoms with Gasteiger partial charge in [0, 0.05) is 17.2 Å². The van der Waals surface area contributed by atoms with Gasteiger partial charge in [-0.1, -0.05) is 0 Å². The quantitative estimate of drug-likeness (QED) is 0.638. The number of nitrogens with one attached hydrogen (secondary N) is 1. The summed E-state index contributed by atoms with van der Waals surface area (Å²) in [5.41, 5.74) is 0.817. The van der Waals surface area contributed by atoms with E-state index in [-0.39, 0.29) is 0 Å². The highest BCUT2D eigenvalue weighted by molar-refractivity contribution is 6.07. The van der Waals surface area contributed by atoms with Crippen molar-refractivity contribution in [1.82, 2.24) is 4.98 Å². The van der Waals surface area contributed by atoms with Crippen LogP contribution in [0.4, 0.5) is 19.0 Å². The van der Waals surface area contributed by atoms with E-state index < -0.39 is 63.7 Å². The molecule has 1 aromatic carbocycles. The number of carboxylic acid groups (broad SMARTS) is 2. The van der Waals surface area contributed by atoms with Crippen molar-refractivity contribution in [2.24, 2.45) is 0 Å². The van der Waals surface area contributed by atoms with Crippen molar-refractivity contribution in [1.29, 1.82) is 0 Å². The van der Waals surface area contributed by atoms with Crippen LogP contribution in [-0.4, -0.2) is 33.7 Å². The zero-order valence-electron chi connectivity index (χ0n) is 12.0. The summed E-state index contributed by atoms with van der Waals surface area (Å²) < 4.78 is 42.6. The van der Waals surface area contributed by atoms with E-state index in [2.05, 4.69) is 4.74 Å². The molecule has 1 heterocycles. The lowest BCUT2D eigenvalue weighted by molar-refractivity contribution is -0.0499. The smallest absolute Gasteiger partial charge is 0.387 e. The maximum atomic E-state index is 14.3. The Bertz CT molecular complexity index is 926. The standard InChI is InChI=1S/C14H9F3N2O6/c15-6-3-4(25-14(16)17)1-2-5(6)7-8(12(21)22)10(18)19-11(20)9(7)13(23)24/h1-3,14H,(H,21,22)(H,23,24)(H3,18,19,20). The zero-order chi connectivity index (χ0) is 18.9. The molecule has 0 aliphatic rings. The molecule has 0 atom stereocenters. The minimum atomic E-state index is -3.23. The summed E-state index contributed by atoms with van der Waals surface area (Å²) in [7, 11) is 0. The van der Waals surface area contributed by atoms with Crippen LogP contribution in [0.2, 0.25) is 0 Å². The number of benzene rings is 1. The Balaban J connectivity index is 2.84. The van der Waals surface area contributed by atoms with Gasteiger partial charge in [0.1, 0.15) is 28.5 Å². The van der Waals surface area contributed by atoms with Crippen molar-refractivity contribution in [3.05, 3.63) is 45.5 Å². The number of H-pyrrole nitrogens is 1. The Morgan fingerprint density at radius 3 is 2.24 bits per heavy atom. The van der Waals surface area contributed by atoms with Gasteiger partial charge in [-0.15, -0.1) is 0 Å². The fraction of sp³-hybridized carbons (Fsp3) is 0.0714. The molecule has 25 heavy (non-hydrogen) atoms. The van der Waals surface area contributed by atoms with Gasteiger partial charge in [0.25, 0.3) is 5.56 Å². The summed E-state index contributed by atoms with van der Waals surface area (Å²) in [5, 5.41) is 18.4. The van der Waals surface area contributed by atoms with Crippen LogP contribution in [0, 0.1) is 5.82 Å². The number of ether oxygens (including phenoxy) is 1. The van der Waals surface area contributed by atoms with Crippen LogP contribution in [0.5, 0.6) is 5.75 Å². The molecule has 2 rings (SSSR count). The zero-order valence-corrected chi connectivity index (χ0v) is 12.0. The van der Waals surface area contributed by atoms with E-state index in [1.807, 2.05) is 4.98 Å². The summed E-state index contributed by atoms with van der Waals surface area (Å²) in [6.45, 7) is -3.23. The molecule has 0 spiro atoms. The number of hydrogen-bond acceptors (Lipinski definition) is 5. The number of nitrogens with two attached hydrogens (primary N) is 1. The lowest BCUT2D eigenvalue weighted by Gasteiger charge is -2.13. The van der Waals surface area contributed by atoms with Crippen LogP contribution in [0.3, 0.4) is 0 Å². The van der Waals surface area contributed by atoms with Crippen molar-refractivity contribution in [2.75, 3.05) is 5.73 Å². The lowest BCUT2D eigenvalue weighted by Crippen LogP contribution is -2.24. The number of aromatic carboxylic acids is 2. The van der Waals surface area contributed by atoms with E-state index in [0.29, 0.717) is 6.07 Å². The fourth-order valence-corrected chi connectivity index (χ4v) is 2.19. The molecule has 132 valence electrons. The molecule has 0 unspecified atom stereocenters. The molecular weight excluding hydrogens is 349 g/mol. The summed E-state index contributed by atoms with van der Waals surface area (Å²) >= 11 is 0. The highest BCUT2D eigenvalue weighted by atomic mass is 19.3.